The second-order valence-corrected chi connectivity index (χ2v) is 8.85. The fourth-order valence-electron chi connectivity index (χ4n) is 4.40. The van der Waals surface area contributed by atoms with Crippen LogP contribution in [0.3, 0.4) is 0 Å². The molecule has 0 saturated carbocycles. The number of carbonyl (C=O) groups is 2. The van der Waals surface area contributed by atoms with Gasteiger partial charge in [0.05, 0.1) is 18.8 Å². The van der Waals surface area contributed by atoms with E-state index in [0.717, 1.165) is 12.1 Å². The molecule has 0 aliphatic carbocycles. The van der Waals surface area contributed by atoms with Gasteiger partial charge in [0.25, 0.3) is 0 Å². The maximum absolute atomic E-state index is 13.8. The normalized spacial score (nSPS) is 19.8. The number of morpholine rings is 1. The number of fused-ring (bicyclic) bond motifs is 1. The number of cyclic esters (lactones) is 1. The van der Waals surface area contributed by atoms with E-state index in [1.54, 1.807) is 6.92 Å². The number of esters is 1. The van der Waals surface area contributed by atoms with Gasteiger partial charge in [0, 0.05) is 43.2 Å². The largest absolute Gasteiger partial charge is 0.460 e. The summed E-state index contributed by atoms with van der Waals surface area (Å²) < 4.78 is 59.6. The molecule has 35 heavy (non-hydrogen) atoms. The monoisotopic (exact) mass is 495 g/mol. The van der Waals surface area contributed by atoms with Crippen molar-refractivity contribution in [3.8, 4) is 11.4 Å². The molecule has 4 rings (SSSR count). The molecule has 2 N–H and O–H groups in total. The highest BCUT2D eigenvalue weighted by Gasteiger charge is 2.39. The number of aromatic nitrogens is 2. The number of alkyl halides is 3. The van der Waals surface area contributed by atoms with Gasteiger partial charge in [-0.05, 0) is 37.6 Å². The Bertz CT molecular complexity index is 1110. The molecule has 188 valence electrons. The van der Waals surface area contributed by atoms with Crippen molar-refractivity contribution in [2.45, 2.75) is 44.6 Å². The van der Waals surface area contributed by atoms with Crippen molar-refractivity contribution in [3.05, 3.63) is 47.0 Å². The number of hydrogen-bond acceptors (Lipinski definition) is 7. The van der Waals surface area contributed by atoms with Gasteiger partial charge in [-0.2, -0.15) is 13.2 Å². The first-order chi connectivity index (χ1) is 16.5. The second-order valence-electron chi connectivity index (χ2n) is 8.85. The number of carbonyl (C=O) groups excluding carboxylic acids is 2. The number of amides is 1. The van der Waals surface area contributed by atoms with Crippen molar-refractivity contribution in [1.29, 1.82) is 0 Å². The van der Waals surface area contributed by atoms with Gasteiger partial charge in [0.15, 0.2) is 11.5 Å². The first kappa shape index (κ1) is 25.0. The fraction of sp³-hybridized carbons (Fsp3) is 0.478. The van der Waals surface area contributed by atoms with Crippen molar-refractivity contribution in [2.75, 3.05) is 26.2 Å². The van der Waals surface area contributed by atoms with E-state index in [4.69, 9.17) is 10.5 Å². The minimum Gasteiger partial charge on any atom is -0.460 e. The van der Waals surface area contributed by atoms with Crippen LogP contribution >= 0.6 is 0 Å². The average Bonchev–Trinajstić information content (AvgIpc) is 2.77. The molecule has 12 heteroatoms. The van der Waals surface area contributed by atoms with Gasteiger partial charge in [0.1, 0.15) is 11.9 Å². The summed E-state index contributed by atoms with van der Waals surface area (Å²) in [7, 11) is 0. The standard InChI is InChI=1S/C23H25F4N5O3/c1-13-9-31(12-20(34)35-13)10-16(28)8-19(33)32-7-6-17-18(11-32)29-22(30-21(17)23(25,26)27)14-2-4-15(24)5-3-14/h2-5,13,16H,6-12,28H2,1H3/t13?,16-/m1/s1. The van der Waals surface area contributed by atoms with Gasteiger partial charge in [-0.15, -0.1) is 0 Å². The fourth-order valence-corrected chi connectivity index (χ4v) is 4.40. The minimum atomic E-state index is -4.71. The molecule has 2 aliphatic rings. The van der Waals surface area contributed by atoms with Gasteiger partial charge >= 0.3 is 12.1 Å². The number of halogens is 4. The number of nitrogens with zero attached hydrogens (tertiary/aromatic N) is 4. The Labute approximate surface area is 199 Å². The van der Waals surface area contributed by atoms with Crippen LogP contribution in [0.25, 0.3) is 11.4 Å². The highest BCUT2D eigenvalue weighted by atomic mass is 19.4. The second kappa shape index (κ2) is 9.86. The van der Waals surface area contributed by atoms with Crippen LogP contribution in [0.4, 0.5) is 17.6 Å². The number of nitrogens with two attached hydrogens (primary N) is 1. The molecule has 2 aromatic rings. The van der Waals surface area contributed by atoms with Gasteiger partial charge < -0.3 is 15.4 Å². The quantitative estimate of drug-likeness (QED) is 0.501. The van der Waals surface area contributed by atoms with E-state index in [-0.39, 0.29) is 73.1 Å². The first-order valence-electron chi connectivity index (χ1n) is 11.2. The Morgan fingerprint density at radius 1 is 1.23 bits per heavy atom. The van der Waals surface area contributed by atoms with E-state index in [9.17, 15) is 27.2 Å². The van der Waals surface area contributed by atoms with Crippen LogP contribution in [0, 0.1) is 5.82 Å². The van der Waals surface area contributed by atoms with Crippen molar-refractivity contribution in [3.63, 3.8) is 0 Å². The van der Waals surface area contributed by atoms with E-state index in [0.29, 0.717) is 13.1 Å². The van der Waals surface area contributed by atoms with Crippen LogP contribution in [0.1, 0.15) is 30.3 Å². The third-order valence-corrected chi connectivity index (χ3v) is 5.92. The molecule has 3 heterocycles. The van der Waals surface area contributed by atoms with Crippen LogP contribution < -0.4 is 5.73 Å². The molecule has 1 unspecified atom stereocenters. The third kappa shape index (κ3) is 5.93. The summed E-state index contributed by atoms with van der Waals surface area (Å²) >= 11 is 0. The summed E-state index contributed by atoms with van der Waals surface area (Å²) in [5.41, 5.74) is 5.40. The lowest BCUT2D eigenvalue weighted by molar-refractivity contribution is -0.157. The Morgan fingerprint density at radius 3 is 2.60 bits per heavy atom. The molecule has 8 nitrogen and oxygen atoms in total. The molecule has 2 atom stereocenters. The first-order valence-corrected chi connectivity index (χ1v) is 11.2. The smallest absolute Gasteiger partial charge is 0.433 e. The van der Waals surface area contributed by atoms with Crippen molar-refractivity contribution >= 4 is 11.9 Å². The number of benzene rings is 1. The van der Waals surface area contributed by atoms with Crippen LogP contribution in [0.15, 0.2) is 24.3 Å². The number of ether oxygens (including phenoxy) is 1. The summed E-state index contributed by atoms with van der Waals surface area (Å²) in [6.07, 6.45) is -5.06. The lowest BCUT2D eigenvalue weighted by Crippen LogP contribution is -2.50. The maximum Gasteiger partial charge on any atom is 0.433 e. The Morgan fingerprint density at radius 2 is 1.94 bits per heavy atom. The van der Waals surface area contributed by atoms with Crippen LogP contribution in [0.5, 0.6) is 0 Å². The molecular weight excluding hydrogens is 470 g/mol. The zero-order chi connectivity index (χ0) is 25.3. The van der Waals surface area contributed by atoms with Crippen LogP contribution in [-0.2, 0) is 33.5 Å². The van der Waals surface area contributed by atoms with E-state index in [1.807, 2.05) is 4.90 Å². The highest BCUT2D eigenvalue weighted by molar-refractivity contribution is 5.77. The Hall–Kier alpha value is -3.12. The summed E-state index contributed by atoms with van der Waals surface area (Å²) in [4.78, 5) is 35.8. The Balaban J connectivity index is 1.50. The topological polar surface area (TPSA) is 102 Å². The predicted octanol–water partition coefficient (Wildman–Crippen LogP) is 2.15. The van der Waals surface area contributed by atoms with Gasteiger partial charge in [-0.3, -0.25) is 14.5 Å². The number of rotatable bonds is 5. The average molecular weight is 495 g/mol. The van der Waals surface area contributed by atoms with Crippen molar-refractivity contribution in [1.82, 2.24) is 19.8 Å². The minimum absolute atomic E-state index is 0.0305. The molecule has 1 aromatic carbocycles. The summed E-state index contributed by atoms with van der Waals surface area (Å²) in [6, 6.07) is 4.28. The third-order valence-electron chi connectivity index (χ3n) is 5.92. The summed E-state index contributed by atoms with van der Waals surface area (Å²) in [5.74, 6) is -1.39. The van der Waals surface area contributed by atoms with Crippen LogP contribution in [-0.4, -0.2) is 70.0 Å². The van der Waals surface area contributed by atoms with Crippen molar-refractivity contribution < 1.29 is 31.9 Å². The molecule has 1 aromatic heterocycles. The SMILES string of the molecule is CC1CN(C[C@H](N)CC(=O)N2CCc3c(nc(-c4ccc(F)cc4)nc3C(F)(F)F)C2)CC(=O)O1. The summed E-state index contributed by atoms with van der Waals surface area (Å²) in [5, 5.41) is 0. The highest BCUT2D eigenvalue weighted by Crippen LogP contribution is 2.35. The lowest BCUT2D eigenvalue weighted by atomic mass is 10.0. The van der Waals surface area contributed by atoms with Gasteiger partial charge in [-0.1, -0.05) is 0 Å². The summed E-state index contributed by atoms with van der Waals surface area (Å²) in [6.45, 7) is 2.64. The van der Waals surface area contributed by atoms with E-state index < -0.39 is 23.7 Å². The van der Waals surface area contributed by atoms with Crippen LogP contribution in [0.2, 0.25) is 0 Å². The molecule has 0 bridgehead atoms. The van der Waals surface area contributed by atoms with Gasteiger partial charge in [0.2, 0.25) is 5.91 Å². The zero-order valence-electron chi connectivity index (χ0n) is 19.0. The van der Waals surface area contributed by atoms with E-state index in [2.05, 4.69) is 9.97 Å². The van der Waals surface area contributed by atoms with E-state index in [1.165, 1.54) is 17.0 Å². The van der Waals surface area contributed by atoms with E-state index >= 15 is 0 Å². The predicted molar refractivity (Wildman–Crippen MR) is 116 cm³/mol. The molecule has 1 saturated heterocycles. The zero-order valence-corrected chi connectivity index (χ0v) is 19.0. The number of hydrogen-bond donors (Lipinski definition) is 1. The maximum atomic E-state index is 13.8. The Kier molecular flexibility index (Phi) is 7.04. The molecule has 2 aliphatic heterocycles. The molecule has 0 radical (unpaired) electrons. The van der Waals surface area contributed by atoms with Gasteiger partial charge in [-0.25, -0.2) is 14.4 Å². The molecular formula is C23H25F4N5O3. The molecule has 1 amide bonds. The lowest BCUT2D eigenvalue weighted by Gasteiger charge is -2.33. The molecule has 1 fully saturated rings. The molecule has 0 spiro atoms. The van der Waals surface area contributed by atoms with Crippen molar-refractivity contribution in [2.24, 2.45) is 5.73 Å².